The zero-order chi connectivity index (χ0) is 17.4. The highest BCUT2D eigenvalue weighted by Crippen LogP contribution is 2.27. The van der Waals surface area contributed by atoms with E-state index in [1.54, 1.807) is 30.3 Å². The number of H-pyrrole nitrogens is 1. The van der Waals surface area contributed by atoms with Crippen LogP contribution in [0.4, 0.5) is 5.69 Å². The van der Waals surface area contributed by atoms with E-state index < -0.39 is 5.76 Å². The standard InChI is InChI=1S/C17H10BrN3O4/c18-12-6-2-3-9-8-13(24-14(9)12)16(22)19-11-5-1-4-10(7-11)15-20-17(23)25-21-15/h1-8H,(H,19,22)(H,20,21,23). The first-order chi connectivity index (χ1) is 12.1. The van der Waals surface area contributed by atoms with Gasteiger partial charge in [0.05, 0.1) is 4.47 Å². The lowest BCUT2D eigenvalue weighted by atomic mass is 10.2. The molecule has 0 unspecified atom stereocenters. The molecule has 124 valence electrons. The van der Waals surface area contributed by atoms with Crippen LogP contribution in [0.25, 0.3) is 22.4 Å². The molecule has 2 N–H and O–H groups in total. The number of para-hydroxylation sites is 1. The minimum absolute atomic E-state index is 0.196. The van der Waals surface area contributed by atoms with E-state index in [0.29, 0.717) is 16.8 Å². The van der Waals surface area contributed by atoms with Crippen LogP contribution in [-0.4, -0.2) is 16.0 Å². The number of carbonyl (C=O) groups excluding carboxylic acids is 1. The predicted octanol–water partition coefficient (Wildman–Crippen LogP) is 3.79. The van der Waals surface area contributed by atoms with Crippen LogP contribution in [0.15, 0.2) is 66.7 Å². The highest BCUT2D eigenvalue weighted by Gasteiger charge is 2.14. The van der Waals surface area contributed by atoms with Crippen molar-refractivity contribution >= 4 is 38.5 Å². The van der Waals surface area contributed by atoms with Gasteiger partial charge in [-0.2, -0.15) is 0 Å². The minimum Gasteiger partial charge on any atom is -0.450 e. The third-order valence-electron chi connectivity index (χ3n) is 3.55. The van der Waals surface area contributed by atoms with Crippen molar-refractivity contribution in [1.29, 1.82) is 0 Å². The smallest absolute Gasteiger partial charge is 0.439 e. The molecule has 0 bridgehead atoms. The Kier molecular flexibility index (Phi) is 3.73. The Labute approximate surface area is 148 Å². The van der Waals surface area contributed by atoms with Crippen molar-refractivity contribution in [1.82, 2.24) is 10.1 Å². The van der Waals surface area contributed by atoms with Crippen LogP contribution >= 0.6 is 15.9 Å². The van der Waals surface area contributed by atoms with Crippen LogP contribution in [0.5, 0.6) is 0 Å². The maximum Gasteiger partial charge on any atom is 0.439 e. The van der Waals surface area contributed by atoms with Crippen molar-refractivity contribution in [2.75, 3.05) is 5.32 Å². The summed E-state index contributed by atoms with van der Waals surface area (Å²) in [6.07, 6.45) is 0. The van der Waals surface area contributed by atoms with Gasteiger partial charge in [-0.05, 0) is 40.2 Å². The highest BCUT2D eigenvalue weighted by atomic mass is 79.9. The number of aromatic nitrogens is 2. The monoisotopic (exact) mass is 399 g/mol. The summed E-state index contributed by atoms with van der Waals surface area (Å²) in [5.41, 5.74) is 1.75. The fraction of sp³-hybridized carbons (Fsp3) is 0. The van der Waals surface area contributed by atoms with E-state index in [-0.39, 0.29) is 17.5 Å². The topological polar surface area (TPSA) is 101 Å². The fourth-order valence-electron chi connectivity index (χ4n) is 2.43. The summed E-state index contributed by atoms with van der Waals surface area (Å²) in [5, 5.41) is 7.21. The van der Waals surface area contributed by atoms with Crippen molar-refractivity contribution in [3.63, 3.8) is 0 Å². The lowest BCUT2D eigenvalue weighted by Gasteiger charge is -2.04. The van der Waals surface area contributed by atoms with Gasteiger partial charge in [0.1, 0.15) is 5.58 Å². The average Bonchev–Trinajstić information content (AvgIpc) is 3.22. The molecule has 4 rings (SSSR count). The Balaban J connectivity index is 1.62. The molecule has 0 aliphatic heterocycles. The van der Waals surface area contributed by atoms with Crippen LogP contribution in [0, 0.1) is 0 Å². The molecule has 0 spiro atoms. The van der Waals surface area contributed by atoms with Crippen LogP contribution in [0.1, 0.15) is 10.6 Å². The molecule has 0 saturated carbocycles. The Morgan fingerprint density at radius 2 is 2.00 bits per heavy atom. The zero-order valence-corrected chi connectivity index (χ0v) is 14.2. The van der Waals surface area contributed by atoms with Gasteiger partial charge in [-0.3, -0.25) is 14.3 Å². The molecule has 0 radical (unpaired) electrons. The lowest BCUT2D eigenvalue weighted by Crippen LogP contribution is -2.10. The first-order valence-electron chi connectivity index (χ1n) is 7.26. The van der Waals surface area contributed by atoms with E-state index in [4.69, 9.17) is 4.42 Å². The number of hydrogen-bond donors (Lipinski definition) is 2. The van der Waals surface area contributed by atoms with E-state index in [2.05, 4.69) is 35.9 Å². The van der Waals surface area contributed by atoms with Crippen molar-refractivity contribution in [3.8, 4) is 11.4 Å². The number of furan rings is 1. The number of benzene rings is 2. The second kappa shape index (κ2) is 6.06. The first-order valence-corrected chi connectivity index (χ1v) is 8.05. The molecule has 0 fully saturated rings. The van der Waals surface area contributed by atoms with Crippen LogP contribution in [0.3, 0.4) is 0 Å². The first kappa shape index (κ1) is 15.4. The van der Waals surface area contributed by atoms with Gasteiger partial charge in [0, 0.05) is 16.6 Å². The Morgan fingerprint density at radius 1 is 1.16 bits per heavy atom. The molecule has 7 nitrogen and oxygen atoms in total. The van der Waals surface area contributed by atoms with Crippen molar-refractivity contribution in [2.24, 2.45) is 0 Å². The molecule has 0 aliphatic carbocycles. The molecule has 0 saturated heterocycles. The number of halogens is 1. The number of carbonyl (C=O) groups is 1. The number of fused-ring (bicyclic) bond motifs is 1. The van der Waals surface area contributed by atoms with E-state index in [1.165, 1.54) is 0 Å². The van der Waals surface area contributed by atoms with Gasteiger partial charge >= 0.3 is 5.76 Å². The van der Waals surface area contributed by atoms with Crippen LogP contribution in [0.2, 0.25) is 0 Å². The highest BCUT2D eigenvalue weighted by molar-refractivity contribution is 9.10. The number of rotatable bonds is 3. The maximum atomic E-state index is 12.4. The Hall–Kier alpha value is -3.13. The zero-order valence-electron chi connectivity index (χ0n) is 12.6. The Bertz CT molecular complexity index is 1140. The summed E-state index contributed by atoms with van der Waals surface area (Å²) in [4.78, 5) is 25.9. The number of nitrogens with one attached hydrogen (secondary N) is 2. The van der Waals surface area contributed by atoms with E-state index in [9.17, 15) is 9.59 Å². The van der Waals surface area contributed by atoms with Gasteiger partial charge in [0.15, 0.2) is 11.6 Å². The van der Waals surface area contributed by atoms with Crippen molar-refractivity contribution in [3.05, 3.63) is 69.3 Å². The molecule has 2 heterocycles. The second-order valence-corrected chi connectivity index (χ2v) is 6.10. The summed E-state index contributed by atoms with van der Waals surface area (Å²) in [6, 6.07) is 14.1. The minimum atomic E-state index is -0.641. The fourth-order valence-corrected chi connectivity index (χ4v) is 2.89. The largest absolute Gasteiger partial charge is 0.450 e. The molecule has 2 aromatic heterocycles. The summed E-state index contributed by atoms with van der Waals surface area (Å²) < 4.78 is 10.9. The molecule has 0 atom stereocenters. The number of nitrogens with zero attached hydrogens (tertiary/aromatic N) is 1. The van der Waals surface area contributed by atoms with Crippen molar-refractivity contribution < 1.29 is 13.7 Å². The van der Waals surface area contributed by atoms with Gasteiger partial charge in [-0.1, -0.05) is 29.4 Å². The molecular formula is C17H10BrN3O4. The summed E-state index contributed by atoms with van der Waals surface area (Å²) in [6.45, 7) is 0. The predicted molar refractivity (Wildman–Crippen MR) is 94.4 cm³/mol. The SMILES string of the molecule is O=C(Nc1cccc(-c2noc(=O)[nH]2)c1)c1cc2cccc(Br)c2o1. The number of anilines is 1. The molecule has 0 aliphatic rings. The molecule has 8 heteroatoms. The third kappa shape index (κ3) is 2.99. The van der Waals surface area contributed by atoms with Gasteiger partial charge in [0.25, 0.3) is 5.91 Å². The number of amides is 1. The second-order valence-electron chi connectivity index (χ2n) is 5.25. The molecule has 25 heavy (non-hydrogen) atoms. The summed E-state index contributed by atoms with van der Waals surface area (Å²) in [7, 11) is 0. The van der Waals surface area contributed by atoms with Crippen LogP contribution in [-0.2, 0) is 0 Å². The number of hydrogen-bond acceptors (Lipinski definition) is 5. The Morgan fingerprint density at radius 3 is 2.76 bits per heavy atom. The van der Waals surface area contributed by atoms with Gasteiger partial charge in [0.2, 0.25) is 0 Å². The van der Waals surface area contributed by atoms with Gasteiger partial charge in [-0.15, -0.1) is 0 Å². The normalized spacial score (nSPS) is 10.9. The summed E-state index contributed by atoms with van der Waals surface area (Å²) in [5.74, 6) is -0.540. The lowest BCUT2D eigenvalue weighted by molar-refractivity contribution is 0.0998. The van der Waals surface area contributed by atoms with Crippen LogP contribution < -0.4 is 11.1 Å². The van der Waals surface area contributed by atoms with E-state index in [1.807, 2.05) is 18.2 Å². The molecule has 4 aromatic rings. The molecule has 1 amide bonds. The van der Waals surface area contributed by atoms with E-state index in [0.717, 1.165) is 9.86 Å². The van der Waals surface area contributed by atoms with Gasteiger partial charge in [-0.25, -0.2) is 4.79 Å². The third-order valence-corrected chi connectivity index (χ3v) is 4.18. The van der Waals surface area contributed by atoms with Crippen molar-refractivity contribution in [2.45, 2.75) is 0 Å². The average molecular weight is 400 g/mol. The maximum absolute atomic E-state index is 12.4. The van der Waals surface area contributed by atoms with Gasteiger partial charge < -0.3 is 9.73 Å². The summed E-state index contributed by atoms with van der Waals surface area (Å²) >= 11 is 3.39. The number of aromatic amines is 1. The quantitative estimate of drug-likeness (QED) is 0.545. The van der Waals surface area contributed by atoms with E-state index >= 15 is 0 Å². The molecule has 2 aromatic carbocycles. The molecular weight excluding hydrogens is 390 g/mol.